The maximum Gasteiger partial charge on any atom is 0.142 e. The fourth-order valence-corrected chi connectivity index (χ4v) is 2.12. The quantitative estimate of drug-likeness (QED) is 0.822. The molecule has 1 aliphatic heterocycles. The zero-order chi connectivity index (χ0) is 13.5. The van der Waals surface area contributed by atoms with Crippen molar-refractivity contribution in [3.05, 3.63) is 54.5 Å². The predicted octanol–water partition coefficient (Wildman–Crippen LogP) is 2.15. The Hall–Kier alpha value is -1.94. The molecule has 0 unspecified atom stereocenters. The maximum absolute atomic E-state index is 5.72. The number of para-hydroxylation sites is 1. The third kappa shape index (κ3) is 4.03. The molecule has 1 heterocycles. The van der Waals surface area contributed by atoms with Gasteiger partial charge in [0.25, 0.3) is 0 Å². The van der Waals surface area contributed by atoms with Crippen LogP contribution in [0.25, 0.3) is 0 Å². The first-order valence-electron chi connectivity index (χ1n) is 6.53. The third-order valence-electron chi connectivity index (χ3n) is 3.11. The van der Waals surface area contributed by atoms with E-state index in [9.17, 15) is 0 Å². The van der Waals surface area contributed by atoms with Gasteiger partial charge in [0, 0.05) is 36.7 Å². The summed E-state index contributed by atoms with van der Waals surface area (Å²) in [6, 6.07) is 8.21. The van der Waals surface area contributed by atoms with Crippen molar-refractivity contribution in [1.82, 2.24) is 10.2 Å². The second-order valence-electron chi connectivity index (χ2n) is 4.64. The summed E-state index contributed by atoms with van der Waals surface area (Å²) in [5.74, 6) is 1.01. The Balaban J connectivity index is 1.72. The minimum atomic E-state index is 0.666. The molecule has 0 spiro atoms. The van der Waals surface area contributed by atoms with Crippen LogP contribution >= 0.6 is 0 Å². The summed E-state index contributed by atoms with van der Waals surface area (Å²) in [5, 5.41) is 3.04. The summed E-state index contributed by atoms with van der Waals surface area (Å²) in [4.78, 5) is 2.30. The summed E-state index contributed by atoms with van der Waals surface area (Å²) < 4.78 is 5.72. The average Bonchev–Trinajstić information content (AvgIpc) is 2.45. The molecular formula is C15H21N3O. The Bertz CT molecular complexity index is 456. The zero-order valence-electron chi connectivity index (χ0n) is 11.1. The van der Waals surface area contributed by atoms with Crippen molar-refractivity contribution in [3.63, 3.8) is 0 Å². The lowest BCUT2D eigenvalue weighted by Crippen LogP contribution is -2.32. The SMILES string of the molecule is C=C(CCCN1COc2ccccc2C1)N/C=C\N. The molecule has 0 bridgehead atoms. The number of nitrogens with two attached hydrogens (primary N) is 1. The zero-order valence-corrected chi connectivity index (χ0v) is 11.1. The van der Waals surface area contributed by atoms with Crippen LogP contribution < -0.4 is 15.8 Å². The van der Waals surface area contributed by atoms with E-state index in [1.54, 1.807) is 6.20 Å². The maximum atomic E-state index is 5.72. The van der Waals surface area contributed by atoms with Gasteiger partial charge in [-0.2, -0.15) is 0 Å². The average molecular weight is 259 g/mol. The van der Waals surface area contributed by atoms with E-state index in [0.717, 1.165) is 37.4 Å². The van der Waals surface area contributed by atoms with Crippen molar-refractivity contribution in [2.45, 2.75) is 19.4 Å². The smallest absolute Gasteiger partial charge is 0.142 e. The molecule has 4 heteroatoms. The van der Waals surface area contributed by atoms with Crippen molar-refractivity contribution in [3.8, 4) is 5.75 Å². The van der Waals surface area contributed by atoms with Gasteiger partial charge in [0.05, 0.1) is 0 Å². The molecule has 0 atom stereocenters. The molecule has 1 aromatic carbocycles. The fourth-order valence-electron chi connectivity index (χ4n) is 2.12. The van der Waals surface area contributed by atoms with Gasteiger partial charge in [0.15, 0.2) is 0 Å². The van der Waals surface area contributed by atoms with Gasteiger partial charge in [-0.25, -0.2) is 0 Å². The molecule has 0 fully saturated rings. The number of fused-ring (bicyclic) bond motifs is 1. The van der Waals surface area contributed by atoms with Crippen LogP contribution in [0, 0.1) is 0 Å². The van der Waals surface area contributed by atoms with Gasteiger partial charge < -0.3 is 15.8 Å². The predicted molar refractivity (Wildman–Crippen MR) is 77.2 cm³/mol. The number of benzene rings is 1. The highest BCUT2D eigenvalue weighted by Gasteiger charge is 2.15. The first-order valence-corrected chi connectivity index (χ1v) is 6.53. The lowest BCUT2D eigenvalue weighted by molar-refractivity contribution is 0.0943. The summed E-state index contributed by atoms with van der Waals surface area (Å²) in [6.45, 7) is 6.57. The summed E-state index contributed by atoms with van der Waals surface area (Å²) >= 11 is 0. The van der Waals surface area contributed by atoms with Crippen LogP contribution in [0.15, 0.2) is 48.9 Å². The van der Waals surface area contributed by atoms with E-state index in [1.165, 1.54) is 11.8 Å². The first-order chi connectivity index (χ1) is 9.29. The molecule has 0 saturated heterocycles. The Morgan fingerprint density at radius 2 is 2.32 bits per heavy atom. The number of nitrogens with zero attached hydrogens (tertiary/aromatic N) is 1. The number of hydrogen-bond acceptors (Lipinski definition) is 4. The largest absolute Gasteiger partial charge is 0.478 e. The second kappa shape index (κ2) is 6.85. The topological polar surface area (TPSA) is 50.5 Å². The molecular weight excluding hydrogens is 238 g/mol. The molecule has 0 aromatic heterocycles. The van der Waals surface area contributed by atoms with Crippen molar-refractivity contribution in [2.75, 3.05) is 13.3 Å². The number of allylic oxidation sites excluding steroid dienone is 1. The highest BCUT2D eigenvalue weighted by molar-refractivity contribution is 5.34. The van der Waals surface area contributed by atoms with Crippen molar-refractivity contribution in [1.29, 1.82) is 0 Å². The molecule has 0 aliphatic carbocycles. The van der Waals surface area contributed by atoms with Gasteiger partial charge in [0.2, 0.25) is 0 Å². The Kier molecular flexibility index (Phi) is 4.86. The highest BCUT2D eigenvalue weighted by atomic mass is 16.5. The fraction of sp³-hybridized carbons (Fsp3) is 0.333. The minimum absolute atomic E-state index is 0.666. The monoisotopic (exact) mass is 259 g/mol. The van der Waals surface area contributed by atoms with Gasteiger partial charge in [-0.3, -0.25) is 4.90 Å². The Morgan fingerprint density at radius 3 is 3.16 bits per heavy atom. The van der Waals surface area contributed by atoms with Crippen molar-refractivity contribution >= 4 is 0 Å². The molecule has 1 aliphatic rings. The van der Waals surface area contributed by atoms with E-state index in [1.807, 2.05) is 12.1 Å². The Morgan fingerprint density at radius 1 is 1.47 bits per heavy atom. The van der Waals surface area contributed by atoms with E-state index in [4.69, 9.17) is 10.5 Å². The summed E-state index contributed by atoms with van der Waals surface area (Å²) in [7, 11) is 0. The molecule has 0 saturated carbocycles. The van der Waals surface area contributed by atoms with Gasteiger partial charge in [-0.1, -0.05) is 24.8 Å². The molecule has 1 aromatic rings. The summed E-state index contributed by atoms with van der Waals surface area (Å²) in [5.41, 5.74) is 7.51. The van der Waals surface area contributed by atoms with Crippen LogP contribution in [0.5, 0.6) is 5.75 Å². The molecule has 2 rings (SSSR count). The third-order valence-corrected chi connectivity index (χ3v) is 3.11. The van der Waals surface area contributed by atoms with Crippen LogP contribution in [0.4, 0.5) is 0 Å². The van der Waals surface area contributed by atoms with E-state index in [0.29, 0.717) is 6.73 Å². The van der Waals surface area contributed by atoms with Crippen molar-refractivity contribution in [2.24, 2.45) is 5.73 Å². The number of nitrogens with one attached hydrogen (secondary N) is 1. The molecule has 102 valence electrons. The molecule has 3 N–H and O–H groups in total. The Labute approximate surface area is 114 Å². The van der Waals surface area contributed by atoms with E-state index in [-0.39, 0.29) is 0 Å². The molecule has 4 nitrogen and oxygen atoms in total. The summed E-state index contributed by atoms with van der Waals surface area (Å²) in [6.07, 6.45) is 5.15. The standard InChI is InChI=1S/C15H21N3O/c1-13(17-9-8-16)5-4-10-18-11-14-6-2-3-7-15(14)19-12-18/h2-3,6-9,17H,1,4-5,10-12,16H2/b9-8-. The number of rotatable bonds is 6. The highest BCUT2D eigenvalue weighted by Crippen LogP contribution is 2.24. The normalized spacial score (nSPS) is 14.9. The first kappa shape index (κ1) is 13.5. The van der Waals surface area contributed by atoms with Gasteiger partial charge >= 0.3 is 0 Å². The number of ether oxygens (including phenoxy) is 1. The minimum Gasteiger partial charge on any atom is -0.478 e. The lowest BCUT2D eigenvalue weighted by Gasteiger charge is -2.28. The van der Waals surface area contributed by atoms with E-state index in [2.05, 4.69) is 28.9 Å². The van der Waals surface area contributed by atoms with Crippen LogP contribution in [0.2, 0.25) is 0 Å². The van der Waals surface area contributed by atoms with Crippen molar-refractivity contribution < 1.29 is 4.74 Å². The van der Waals surface area contributed by atoms with E-state index < -0.39 is 0 Å². The molecule has 0 radical (unpaired) electrons. The van der Waals surface area contributed by atoms with E-state index >= 15 is 0 Å². The van der Waals surface area contributed by atoms with Crippen LogP contribution in [0.3, 0.4) is 0 Å². The van der Waals surface area contributed by atoms with Crippen LogP contribution in [-0.2, 0) is 6.54 Å². The van der Waals surface area contributed by atoms with Gasteiger partial charge in [-0.05, 0) is 18.9 Å². The molecule has 19 heavy (non-hydrogen) atoms. The van der Waals surface area contributed by atoms with Crippen LogP contribution in [-0.4, -0.2) is 18.2 Å². The van der Waals surface area contributed by atoms with Gasteiger partial charge in [0.1, 0.15) is 12.5 Å². The second-order valence-corrected chi connectivity index (χ2v) is 4.64. The number of hydrogen-bond donors (Lipinski definition) is 2. The molecule has 0 amide bonds. The van der Waals surface area contributed by atoms with Gasteiger partial charge in [-0.15, -0.1) is 0 Å². The van der Waals surface area contributed by atoms with Crippen LogP contribution in [0.1, 0.15) is 18.4 Å². The lowest BCUT2D eigenvalue weighted by atomic mass is 10.1.